The van der Waals surface area contributed by atoms with Crippen LogP contribution in [0.2, 0.25) is 5.02 Å². The number of H-pyrrole nitrogens is 1. The van der Waals surface area contributed by atoms with Gasteiger partial charge in [0, 0.05) is 13.0 Å². The Kier molecular flexibility index (Phi) is 6.20. The first kappa shape index (κ1) is 17.5. The number of hydrogen-bond acceptors (Lipinski definition) is 5. The second-order valence-electron chi connectivity index (χ2n) is 5.57. The zero-order chi connectivity index (χ0) is 16.8. The molecule has 2 aliphatic rings. The smallest absolute Gasteiger partial charge is 0.404 e. The molecule has 128 valence electrons. The van der Waals surface area contributed by atoms with Crippen molar-refractivity contribution in [1.29, 1.82) is 0 Å². The molecular weight excluding hydrogens is 327 g/mol. The summed E-state index contributed by atoms with van der Waals surface area (Å²) in [7, 11) is 0. The molecule has 2 heterocycles. The minimum absolute atomic E-state index is 0.0831. The average molecular weight is 347 g/mol. The molecule has 0 radical (unpaired) electrons. The fourth-order valence-corrected chi connectivity index (χ4v) is 2.89. The number of carbonyl (C=O) groups excluding carboxylic acids is 1. The number of hydrogen-bond donors (Lipinski definition) is 2. The van der Waals surface area contributed by atoms with Crippen LogP contribution in [0, 0.1) is 0 Å². The third-order valence-electron chi connectivity index (χ3n) is 3.83. The maximum absolute atomic E-state index is 11.9. The standard InChI is InChI=1S/C9H11ClN4O3.C5H9F/c10-7-6(3-12-13-8(7)15)14-2-1-5(4-14)17-9(11)16;6-5-3-1-2-4-5/h3,5H,1-2,4H2,(H2,11,16)(H,13,15);5H,1-4H2/t5-;/m1./s1. The summed E-state index contributed by atoms with van der Waals surface area (Å²) in [4.78, 5) is 23.7. The van der Waals surface area contributed by atoms with E-state index in [1.54, 1.807) is 0 Å². The SMILES string of the molecule is FC1CCCC1.NC(=O)O[C@@H]1CCN(c2cn[nH]c(=O)c2Cl)C1. The zero-order valence-electron chi connectivity index (χ0n) is 12.6. The van der Waals surface area contributed by atoms with Crippen LogP contribution in [0.15, 0.2) is 11.0 Å². The highest BCUT2D eigenvalue weighted by Crippen LogP contribution is 2.25. The molecule has 0 unspecified atom stereocenters. The molecule has 0 bridgehead atoms. The van der Waals surface area contributed by atoms with E-state index < -0.39 is 17.8 Å². The number of anilines is 1. The molecule has 1 atom stereocenters. The molecule has 7 nitrogen and oxygen atoms in total. The van der Waals surface area contributed by atoms with Gasteiger partial charge in [-0.05, 0) is 12.8 Å². The molecule has 1 saturated carbocycles. The third kappa shape index (κ3) is 5.09. The molecule has 3 rings (SSSR count). The van der Waals surface area contributed by atoms with Gasteiger partial charge in [-0.2, -0.15) is 5.10 Å². The van der Waals surface area contributed by atoms with Gasteiger partial charge in [0.05, 0.1) is 18.4 Å². The number of rotatable bonds is 2. The normalized spacial score (nSPS) is 21.0. The molecule has 3 N–H and O–H groups in total. The van der Waals surface area contributed by atoms with Crippen LogP contribution in [0.1, 0.15) is 32.1 Å². The van der Waals surface area contributed by atoms with E-state index in [1.165, 1.54) is 6.20 Å². The van der Waals surface area contributed by atoms with Gasteiger partial charge < -0.3 is 15.4 Å². The first-order valence-corrected chi connectivity index (χ1v) is 7.93. The van der Waals surface area contributed by atoms with Crippen LogP contribution >= 0.6 is 11.6 Å². The van der Waals surface area contributed by atoms with Crippen LogP contribution < -0.4 is 16.2 Å². The van der Waals surface area contributed by atoms with E-state index in [2.05, 4.69) is 10.2 Å². The Hall–Kier alpha value is -1.83. The summed E-state index contributed by atoms with van der Waals surface area (Å²) in [6.07, 6.45) is 4.45. The van der Waals surface area contributed by atoms with Crippen LogP contribution in [0.5, 0.6) is 0 Å². The van der Waals surface area contributed by atoms with E-state index in [1.807, 2.05) is 4.90 Å². The Morgan fingerprint density at radius 1 is 1.43 bits per heavy atom. The van der Waals surface area contributed by atoms with Gasteiger partial charge >= 0.3 is 6.09 Å². The molecule has 1 saturated heterocycles. The molecule has 1 aliphatic carbocycles. The number of carbonyl (C=O) groups is 1. The number of primary amides is 1. The first-order valence-electron chi connectivity index (χ1n) is 7.55. The van der Waals surface area contributed by atoms with Crippen LogP contribution in [0.4, 0.5) is 14.9 Å². The molecule has 9 heteroatoms. The number of nitrogens with zero attached hydrogens (tertiary/aromatic N) is 2. The second-order valence-corrected chi connectivity index (χ2v) is 5.95. The number of ether oxygens (including phenoxy) is 1. The van der Waals surface area contributed by atoms with Gasteiger partial charge in [0.1, 0.15) is 17.3 Å². The molecular formula is C14H20ClFN4O3. The van der Waals surface area contributed by atoms with E-state index >= 15 is 0 Å². The number of aromatic nitrogens is 2. The lowest BCUT2D eigenvalue weighted by Crippen LogP contribution is -2.28. The van der Waals surface area contributed by atoms with Gasteiger partial charge in [0.15, 0.2) is 0 Å². The van der Waals surface area contributed by atoms with Crippen molar-refractivity contribution < 1.29 is 13.9 Å². The van der Waals surface area contributed by atoms with Crippen molar-refractivity contribution >= 4 is 23.4 Å². The van der Waals surface area contributed by atoms with E-state index in [0.29, 0.717) is 25.2 Å². The number of alkyl halides is 1. The Morgan fingerprint density at radius 3 is 2.70 bits per heavy atom. The quantitative estimate of drug-likeness (QED) is 0.852. The van der Waals surface area contributed by atoms with Crippen molar-refractivity contribution in [2.75, 3.05) is 18.0 Å². The summed E-state index contributed by atoms with van der Waals surface area (Å²) in [5.41, 5.74) is 5.03. The molecule has 1 amide bonds. The van der Waals surface area contributed by atoms with Crippen molar-refractivity contribution in [2.24, 2.45) is 5.73 Å². The van der Waals surface area contributed by atoms with Crippen LogP contribution in [-0.4, -0.2) is 41.7 Å². The lowest BCUT2D eigenvalue weighted by molar-refractivity contribution is 0.117. The average Bonchev–Trinajstić information content (AvgIpc) is 3.14. The summed E-state index contributed by atoms with van der Waals surface area (Å²) >= 11 is 5.87. The lowest BCUT2D eigenvalue weighted by atomic mass is 10.3. The maximum Gasteiger partial charge on any atom is 0.404 e. The monoisotopic (exact) mass is 346 g/mol. The Labute approximate surface area is 137 Å². The molecule has 23 heavy (non-hydrogen) atoms. The largest absolute Gasteiger partial charge is 0.444 e. The van der Waals surface area contributed by atoms with E-state index in [4.69, 9.17) is 22.1 Å². The van der Waals surface area contributed by atoms with E-state index in [-0.39, 0.29) is 11.1 Å². The second kappa shape index (κ2) is 8.14. The molecule has 1 aromatic rings. The van der Waals surface area contributed by atoms with Crippen LogP contribution in [0.3, 0.4) is 0 Å². The lowest BCUT2D eigenvalue weighted by Gasteiger charge is -2.18. The van der Waals surface area contributed by atoms with Crippen molar-refractivity contribution in [3.8, 4) is 0 Å². The number of aromatic amines is 1. The predicted molar refractivity (Wildman–Crippen MR) is 84.5 cm³/mol. The van der Waals surface area contributed by atoms with Crippen molar-refractivity contribution in [2.45, 2.75) is 44.4 Å². The highest BCUT2D eigenvalue weighted by molar-refractivity contribution is 6.33. The minimum atomic E-state index is -0.799. The van der Waals surface area contributed by atoms with Gasteiger partial charge in [0.25, 0.3) is 5.56 Å². The van der Waals surface area contributed by atoms with Crippen molar-refractivity contribution in [3.63, 3.8) is 0 Å². The molecule has 1 aromatic heterocycles. The van der Waals surface area contributed by atoms with E-state index in [9.17, 15) is 14.0 Å². The fraction of sp³-hybridized carbons (Fsp3) is 0.643. The maximum atomic E-state index is 11.9. The van der Waals surface area contributed by atoms with Crippen LogP contribution in [-0.2, 0) is 4.74 Å². The predicted octanol–water partition coefficient (Wildman–Crippen LogP) is 2.00. The number of nitrogens with two attached hydrogens (primary N) is 1. The zero-order valence-corrected chi connectivity index (χ0v) is 13.4. The summed E-state index contributed by atoms with van der Waals surface area (Å²) < 4.78 is 16.8. The summed E-state index contributed by atoms with van der Waals surface area (Å²) in [5.74, 6) is 0. The van der Waals surface area contributed by atoms with Gasteiger partial charge in [-0.3, -0.25) is 4.79 Å². The van der Waals surface area contributed by atoms with Gasteiger partial charge in [-0.15, -0.1) is 0 Å². The van der Waals surface area contributed by atoms with Gasteiger partial charge in [-0.25, -0.2) is 14.3 Å². The number of nitrogens with one attached hydrogen (secondary N) is 1. The minimum Gasteiger partial charge on any atom is -0.444 e. The number of amides is 1. The Morgan fingerprint density at radius 2 is 2.13 bits per heavy atom. The fourth-order valence-electron chi connectivity index (χ4n) is 2.68. The van der Waals surface area contributed by atoms with E-state index in [0.717, 1.165) is 25.7 Å². The Bertz CT molecular complexity index is 592. The van der Waals surface area contributed by atoms with Gasteiger partial charge in [0.2, 0.25) is 0 Å². The highest BCUT2D eigenvalue weighted by Gasteiger charge is 2.27. The number of halogens is 2. The Balaban J connectivity index is 0.000000268. The van der Waals surface area contributed by atoms with Gasteiger partial charge in [-0.1, -0.05) is 24.4 Å². The summed E-state index contributed by atoms with van der Waals surface area (Å²) in [5, 5.41) is 6.00. The van der Waals surface area contributed by atoms with Crippen molar-refractivity contribution in [3.05, 3.63) is 21.6 Å². The first-order chi connectivity index (χ1) is 11.0. The molecule has 1 aliphatic heterocycles. The molecule has 2 fully saturated rings. The molecule has 0 spiro atoms. The highest BCUT2D eigenvalue weighted by atomic mass is 35.5. The third-order valence-corrected chi connectivity index (χ3v) is 4.20. The summed E-state index contributed by atoms with van der Waals surface area (Å²) in [6, 6.07) is 0. The molecule has 0 aromatic carbocycles. The summed E-state index contributed by atoms with van der Waals surface area (Å²) in [6.45, 7) is 1.08. The van der Waals surface area contributed by atoms with Crippen molar-refractivity contribution in [1.82, 2.24) is 10.2 Å². The van der Waals surface area contributed by atoms with Crippen LogP contribution in [0.25, 0.3) is 0 Å². The topological polar surface area (TPSA) is 101 Å².